The first kappa shape index (κ1) is 10.4. The molecular formula is C11H17N3O. The maximum Gasteiger partial charge on any atom is 0.251 e. The predicted octanol–water partition coefficient (Wildman–Crippen LogP) is 1.15. The summed E-state index contributed by atoms with van der Waals surface area (Å²) in [6, 6.07) is 1.58. The van der Waals surface area contributed by atoms with E-state index >= 15 is 0 Å². The van der Waals surface area contributed by atoms with Crippen LogP contribution in [-0.4, -0.2) is 16.5 Å². The van der Waals surface area contributed by atoms with Crippen molar-refractivity contribution in [2.45, 2.75) is 38.6 Å². The van der Waals surface area contributed by atoms with Gasteiger partial charge in [0.1, 0.15) is 5.82 Å². The number of aromatic nitrogens is 2. The van der Waals surface area contributed by atoms with Crippen molar-refractivity contribution < 1.29 is 0 Å². The Kier molecular flexibility index (Phi) is 3.16. The van der Waals surface area contributed by atoms with Gasteiger partial charge < -0.3 is 10.3 Å². The Labute approximate surface area is 89.1 Å². The molecule has 0 unspecified atom stereocenters. The largest absolute Gasteiger partial charge is 0.311 e. The summed E-state index contributed by atoms with van der Waals surface area (Å²) in [5.74, 6) is 1.37. The number of nitrogens with zero attached hydrogens (tertiary/aromatic N) is 1. The van der Waals surface area contributed by atoms with Gasteiger partial charge in [-0.05, 0) is 25.8 Å². The van der Waals surface area contributed by atoms with Crippen LogP contribution in [0.5, 0.6) is 0 Å². The average molecular weight is 207 g/mol. The van der Waals surface area contributed by atoms with E-state index in [2.05, 4.69) is 22.2 Å². The Morgan fingerprint density at radius 3 is 3.07 bits per heavy atom. The van der Waals surface area contributed by atoms with Crippen molar-refractivity contribution in [3.8, 4) is 0 Å². The lowest BCUT2D eigenvalue weighted by molar-refractivity contribution is 0.657. The van der Waals surface area contributed by atoms with Gasteiger partial charge in [0.05, 0.1) is 5.69 Å². The fourth-order valence-electron chi connectivity index (χ4n) is 1.56. The van der Waals surface area contributed by atoms with Crippen LogP contribution in [0.25, 0.3) is 0 Å². The van der Waals surface area contributed by atoms with Crippen LogP contribution in [0.4, 0.5) is 0 Å². The predicted molar refractivity (Wildman–Crippen MR) is 58.8 cm³/mol. The molecule has 0 radical (unpaired) electrons. The van der Waals surface area contributed by atoms with Crippen LogP contribution in [0.2, 0.25) is 0 Å². The first-order valence-electron chi connectivity index (χ1n) is 5.60. The molecule has 0 saturated heterocycles. The van der Waals surface area contributed by atoms with E-state index in [9.17, 15) is 4.79 Å². The Balaban J connectivity index is 2.06. The Morgan fingerprint density at radius 1 is 1.60 bits per heavy atom. The van der Waals surface area contributed by atoms with E-state index in [-0.39, 0.29) is 5.56 Å². The summed E-state index contributed by atoms with van der Waals surface area (Å²) < 4.78 is 0. The first-order chi connectivity index (χ1) is 7.29. The molecule has 1 fully saturated rings. The average Bonchev–Trinajstić information content (AvgIpc) is 3.00. The Bertz CT molecular complexity index is 382. The molecule has 2 rings (SSSR count). The number of aromatic amines is 1. The molecule has 15 heavy (non-hydrogen) atoms. The van der Waals surface area contributed by atoms with E-state index < -0.39 is 0 Å². The van der Waals surface area contributed by atoms with Crippen LogP contribution in [0.3, 0.4) is 0 Å². The van der Waals surface area contributed by atoms with Gasteiger partial charge in [-0.15, -0.1) is 0 Å². The molecule has 1 heterocycles. The Hall–Kier alpha value is -1.16. The summed E-state index contributed by atoms with van der Waals surface area (Å²) in [5.41, 5.74) is 0.828. The smallest absolute Gasteiger partial charge is 0.251 e. The number of hydrogen-bond donors (Lipinski definition) is 2. The molecule has 0 aliphatic heterocycles. The topological polar surface area (TPSA) is 57.8 Å². The highest BCUT2D eigenvalue weighted by molar-refractivity contribution is 5.10. The van der Waals surface area contributed by atoms with E-state index in [0.717, 1.165) is 37.3 Å². The highest BCUT2D eigenvalue weighted by Crippen LogP contribution is 2.37. The quantitative estimate of drug-likeness (QED) is 0.712. The lowest BCUT2D eigenvalue weighted by atomic mass is 10.3. The SMILES string of the molecule is CCCNCc1cc(=O)[nH]c(C2CC2)n1. The molecule has 1 aromatic heterocycles. The van der Waals surface area contributed by atoms with Gasteiger partial charge in [0.15, 0.2) is 0 Å². The molecule has 0 spiro atoms. The van der Waals surface area contributed by atoms with Gasteiger partial charge in [0.25, 0.3) is 5.56 Å². The molecule has 4 heteroatoms. The van der Waals surface area contributed by atoms with E-state index in [4.69, 9.17) is 0 Å². The normalized spacial score (nSPS) is 15.5. The molecule has 0 aromatic carbocycles. The van der Waals surface area contributed by atoms with Gasteiger partial charge in [-0.2, -0.15) is 0 Å². The van der Waals surface area contributed by atoms with Crippen molar-refractivity contribution in [3.05, 3.63) is 27.9 Å². The molecule has 1 aromatic rings. The minimum Gasteiger partial charge on any atom is -0.311 e. The van der Waals surface area contributed by atoms with Crippen LogP contribution in [-0.2, 0) is 6.54 Å². The van der Waals surface area contributed by atoms with Crippen LogP contribution in [0.1, 0.15) is 43.6 Å². The molecule has 1 saturated carbocycles. The summed E-state index contributed by atoms with van der Waals surface area (Å²) in [5, 5.41) is 3.25. The molecule has 0 atom stereocenters. The third-order valence-electron chi connectivity index (χ3n) is 2.51. The second-order valence-electron chi connectivity index (χ2n) is 4.07. The summed E-state index contributed by atoms with van der Waals surface area (Å²) in [7, 11) is 0. The highest BCUT2D eigenvalue weighted by atomic mass is 16.1. The standard InChI is InChI=1S/C11H17N3O/c1-2-5-12-7-9-6-10(15)14-11(13-9)8-3-4-8/h6,8,12H,2-5,7H2,1H3,(H,13,14,15). The van der Waals surface area contributed by atoms with E-state index in [1.54, 1.807) is 6.07 Å². The van der Waals surface area contributed by atoms with Gasteiger partial charge >= 0.3 is 0 Å². The van der Waals surface area contributed by atoms with Crippen molar-refractivity contribution in [2.75, 3.05) is 6.54 Å². The molecule has 2 N–H and O–H groups in total. The van der Waals surface area contributed by atoms with Gasteiger partial charge in [-0.25, -0.2) is 4.98 Å². The van der Waals surface area contributed by atoms with Crippen LogP contribution < -0.4 is 10.9 Å². The maximum absolute atomic E-state index is 11.4. The van der Waals surface area contributed by atoms with Gasteiger partial charge in [0, 0.05) is 18.5 Å². The van der Waals surface area contributed by atoms with Crippen molar-refractivity contribution in [2.24, 2.45) is 0 Å². The molecule has 0 bridgehead atoms. The zero-order valence-corrected chi connectivity index (χ0v) is 9.05. The summed E-state index contributed by atoms with van der Waals surface area (Å²) >= 11 is 0. The van der Waals surface area contributed by atoms with Crippen LogP contribution in [0, 0.1) is 0 Å². The van der Waals surface area contributed by atoms with Gasteiger partial charge in [-0.3, -0.25) is 4.79 Å². The second-order valence-corrected chi connectivity index (χ2v) is 4.07. The summed E-state index contributed by atoms with van der Waals surface area (Å²) in [6.07, 6.45) is 3.42. The monoisotopic (exact) mass is 207 g/mol. The molecule has 1 aliphatic rings. The fourth-order valence-corrected chi connectivity index (χ4v) is 1.56. The molecule has 0 amide bonds. The number of nitrogens with one attached hydrogen (secondary N) is 2. The third kappa shape index (κ3) is 2.89. The molecule has 1 aliphatic carbocycles. The van der Waals surface area contributed by atoms with Crippen molar-refractivity contribution >= 4 is 0 Å². The third-order valence-corrected chi connectivity index (χ3v) is 2.51. The summed E-state index contributed by atoms with van der Waals surface area (Å²) in [4.78, 5) is 18.6. The number of rotatable bonds is 5. The number of hydrogen-bond acceptors (Lipinski definition) is 3. The van der Waals surface area contributed by atoms with Gasteiger partial charge in [-0.1, -0.05) is 6.92 Å². The van der Waals surface area contributed by atoms with Crippen LogP contribution >= 0.6 is 0 Å². The molecule has 82 valence electrons. The minimum absolute atomic E-state index is 0.0276. The van der Waals surface area contributed by atoms with Crippen molar-refractivity contribution in [1.29, 1.82) is 0 Å². The van der Waals surface area contributed by atoms with Gasteiger partial charge in [0.2, 0.25) is 0 Å². The highest BCUT2D eigenvalue weighted by Gasteiger charge is 2.26. The minimum atomic E-state index is -0.0276. The number of H-pyrrole nitrogens is 1. The van der Waals surface area contributed by atoms with Crippen molar-refractivity contribution in [1.82, 2.24) is 15.3 Å². The van der Waals surface area contributed by atoms with E-state index in [0.29, 0.717) is 12.5 Å². The first-order valence-corrected chi connectivity index (χ1v) is 5.60. The van der Waals surface area contributed by atoms with Crippen LogP contribution in [0.15, 0.2) is 10.9 Å². The zero-order chi connectivity index (χ0) is 10.7. The summed E-state index contributed by atoms with van der Waals surface area (Å²) in [6.45, 7) is 3.78. The zero-order valence-electron chi connectivity index (χ0n) is 9.05. The molecular weight excluding hydrogens is 190 g/mol. The van der Waals surface area contributed by atoms with Crippen molar-refractivity contribution in [3.63, 3.8) is 0 Å². The fraction of sp³-hybridized carbons (Fsp3) is 0.636. The second kappa shape index (κ2) is 4.57. The maximum atomic E-state index is 11.4. The van der Waals surface area contributed by atoms with E-state index in [1.165, 1.54) is 0 Å². The lowest BCUT2D eigenvalue weighted by Gasteiger charge is -2.04. The van der Waals surface area contributed by atoms with E-state index in [1.807, 2.05) is 0 Å². The molecule has 4 nitrogen and oxygen atoms in total. The Morgan fingerprint density at radius 2 is 2.40 bits per heavy atom. The lowest BCUT2D eigenvalue weighted by Crippen LogP contribution is -2.19.